The monoisotopic (exact) mass is 333 g/mol. The molecule has 23 heavy (non-hydrogen) atoms. The predicted molar refractivity (Wildman–Crippen MR) is 87.6 cm³/mol. The van der Waals surface area contributed by atoms with Crippen LogP contribution in [0.25, 0.3) is 10.2 Å². The topological polar surface area (TPSA) is 86.3 Å². The van der Waals surface area contributed by atoms with Crippen molar-refractivity contribution in [1.82, 2.24) is 14.9 Å². The van der Waals surface area contributed by atoms with E-state index >= 15 is 0 Å². The molecule has 7 heteroatoms. The Labute approximate surface area is 137 Å². The summed E-state index contributed by atoms with van der Waals surface area (Å²) in [5.74, 6) is 0.262. The second-order valence-corrected chi connectivity index (χ2v) is 7.44. The van der Waals surface area contributed by atoms with E-state index in [2.05, 4.69) is 9.97 Å². The van der Waals surface area contributed by atoms with Crippen LogP contribution in [0.3, 0.4) is 0 Å². The number of likely N-dealkylation sites (tertiary alicyclic amines) is 1. The molecular weight excluding hydrogens is 314 g/mol. The fraction of sp³-hybridized carbons (Fsp3) is 0.562. The normalized spacial score (nSPS) is 28.1. The SMILES string of the molecule is O=C(O)[C@@H]1C[C@H]2CCCC[C@H]2N1Cc1nc2ccsc2c(=O)[nH]1. The lowest BCUT2D eigenvalue weighted by molar-refractivity contribution is -0.142. The fourth-order valence-electron chi connectivity index (χ4n) is 4.19. The van der Waals surface area contributed by atoms with Crippen molar-refractivity contribution in [2.45, 2.75) is 50.7 Å². The zero-order valence-electron chi connectivity index (χ0n) is 12.7. The number of thiophene rings is 1. The zero-order valence-corrected chi connectivity index (χ0v) is 13.5. The van der Waals surface area contributed by atoms with Crippen molar-refractivity contribution in [2.75, 3.05) is 0 Å². The number of aromatic amines is 1. The number of aromatic nitrogens is 2. The molecule has 1 aliphatic heterocycles. The lowest BCUT2D eigenvalue weighted by Crippen LogP contribution is -2.42. The molecule has 2 N–H and O–H groups in total. The highest BCUT2D eigenvalue weighted by molar-refractivity contribution is 7.17. The van der Waals surface area contributed by atoms with Crippen molar-refractivity contribution in [3.05, 3.63) is 27.6 Å². The molecule has 1 saturated carbocycles. The smallest absolute Gasteiger partial charge is 0.320 e. The average Bonchev–Trinajstić information content (AvgIpc) is 3.13. The van der Waals surface area contributed by atoms with Gasteiger partial charge in [-0.05, 0) is 36.6 Å². The molecule has 3 heterocycles. The first kappa shape index (κ1) is 14.8. The minimum atomic E-state index is -0.765. The summed E-state index contributed by atoms with van der Waals surface area (Å²) < 4.78 is 0.625. The van der Waals surface area contributed by atoms with Gasteiger partial charge in [0.05, 0.1) is 12.1 Å². The number of nitrogens with one attached hydrogen (secondary N) is 1. The molecule has 122 valence electrons. The van der Waals surface area contributed by atoms with Gasteiger partial charge in [0, 0.05) is 6.04 Å². The Morgan fingerprint density at radius 3 is 3.09 bits per heavy atom. The molecule has 2 fully saturated rings. The van der Waals surface area contributed by atoms with Crippen molar-refractivity contribution in [3.63, 3.8) is 0 Å². The Bertz CT molecular complexity index is 799. The molecule has 1 saturated heterocycles. The van der Waals surface area contributed by atoms with E-state index in [-0.39, 0.29) is 5.56 Å². The Balaban J connectivity index is 1.66. The minimum absolute atomic E-state index is 0.133. The van der Waals surface area contributed by atoms with Crippen LogP contribution >= 0.6 is 11.3 Å². The van der Waals surface area contributed by atoms with Gasteiger partial charge in [-0.1, -0.05) is 12.8 Å². The molecule has 1 aliphatic carbocycles. The first-order valence-electron chi connectivity index (χ1n) is 8.08. The van der Waals surface area contributed by atoms with Crippen LogP contribution in [-0.4, -0.2) is 38.0 Å². The number of aliphatic carboxylic acids is 1. The minimum Gasteiger partial charge on any atom is -0.480 e. The summed E-state index contributed by atoms with van der Waals surface area (Å²) in [4.78, 5) is 33.1. The third-order valence-corrected chi connectivity index (χ3v) is 6.10. The van der Waals surface area contributed by atoms with Gasteiger partial charge in [-0.3, -0.25) is 14.5 Å². The molecule has 2 aromatic heterocycles. The Morgan fingerprint density at radius 2 is 2.26 bits per heavy atom. The van der Waals surface area contributed by atoms with Crippen molar-refractivity contribution in [1.29, 1.82) is 0 Å². The zero-order chi connectivity index (χ0) is 16.0. The van der Waals surface area contributed by atoms with Crippen LogP contribution in [-0.2, 0) is 11.3 Å². The molecule has 0 unspecified atom stereocenters. The third kappa shape index (κ3) is 2.57. The first-order valence-corrected chi connectivity index (χ1v) is 8.96. The Kier molecular flexibility index (Phi) is 3.69. The van der Waals surface area contributed by atoms with Crippen LogP contribution in [0.2, 0.25) is 0 Å². The van der Waals surface area contributed by atoms with E-state index in [0.29, 0.717) is 41.0 Å². The second-order valence-electron chi connectivity index (χ2n) is 6.52. The van der Waals surface area contributed by atoms with Gasteiger partial charge in [0.1, 0.15) is 16.6 Å². The maximum atomic E-state index is 12.1. The van der Waals surface area contributed by atoms with Crippen LogP contribution in [0.1, 0.15) is 37.9 Å². The predicted octanol–water partition coefficient (Wildman–Crippen LogP) is 2.20. The maximum Gasteiger partial charge on any atom is 0.320 e. The summed E-state index contributed by atoms with van der Waals surface area (Å²) >= 11 is 1.38. The van der Waals surface area contributed by atoms with E-state index in [1.165, 1.54) is 17.8 Å². The van der Waals surface area contributed by atoms with Crippen molar-refractivity contribution in [2.24, 2.45) is 5.92 Å². The largest absolute Gasteiger partial charge is 0.480 e. The van der Waals surface area contributed by atoms with Gasteiger partial charge in [-0.2, -0.15) is 0 Å². The first-order chi connectivity index (χ1) is 11.1. The van der Waals surface area contributed by atoms with Gasteiger partial charge in [-0.15, -0.1) is 11.3 Å². The highest BCUT2D eigenvalue weighted by Gasteiger charge is 2.45. The average molecular weight is 333 g/mol. The van der Waals surface area contributed by atoms with Gasteiger partial charge in [0.15, 0.2) is 0 Å². The van der Waals surface area contributed by atoms with Crippen LogP contribution in [0.15, 0.2) is 16.2 Å². The number of carboxylic acids is 1. The number of hydrogen-bond donors (Lipinski definition) is 2. The van der Waals surface area contributed by atoms with E-state index in [1.54, 1.807) is 0 Å². The molecule has 3 atom stereocenters. The number of hydrogen-bond acceptors (Lipinski definition) is 5. The summed E-state index contributed by atoms with van der Waals surface area (Å²) in [6.45, 7) is 0.402. The van der Waals surface area contributed by atoms with Gasteiger partial charge in [0.25, 0.3) is 5.56 Å². The van der Waals surface area contributed by atoms with Gasteiger partial charge in [-0.25, -0.2) is 4.98 Å². The van der Waals surface area contributed by atoms with Gasteiger partial charge >= 0.3 is 5.97 Å². The molecule has 0 radical (unpaired) electrons. The number of H-pyrrole nitrogens is 1. The van der Waals surface area contributed by atoms with E-state index < -0.39 is 12.0 Å². The Morgan fingerprint density at radius 1 is 1.43 bits per heavy atom. The lowest BCUT2D eigenvalue weighted by atomic mass is 9.85. The maximum absolute atomic E-state index is 12.1. The number of carboxylic acid groups (broad SMARTS) is 1. The van der Waals surface area contributed by atoms with Crippen LogP contribution in [0.5, 0.6) is 0 Å². The summed E-state index contributed by atoms with van der Waals surface area (Å²) in [7, 11) is 0. The number of fused-ring (bicyclic) bond motifs is 2. The molecule has 0 spiro atoms. The molecule has 2 aromatic rings. The van der Waals surface area contributed by atoms with Crippen molar-refractivity contribution in [3.8, 4) is 0 Å². The second kappa shape index (κ2) is 5.72. The highest BCUT2D eigenvalue weighted by atomic mass is 32.1. The number of nitrogens with zero attached hydrogens (tertiary/aromatic N) is 2. The van der Waals surface area contributed by atoms with E-state index in [4.69, 9.17) is 0 Å². The third-order valence-electron chi connectivity index (χ3n) is 5.20. The Hall–Kier alpha value is -1.73. The fourth-order valence-corrected chi connectivity index (χ4v) is 4.92. The quantitative estimate of drug-likeness (QED) is 0.899. The summed E-state index contributed by atoms with van der Waals surface area (Å²) in [6, 6.07) is 1.67. The van der Waals surface area contributed by atoms with Gasteiger partial charge in [0.2, 0.25) is 0 Å². The molecule has 0 aromatic carbocycles. The van der Waals surface area contributed by atoms with Crippen LogP contribution in [0.4, 0.5) is 0 Å². The number of carbonyl (C=O) groups is 1. The highest BCUT2D eigenvalue weighted by Crippen LogP contribution is 2.40. The van der Waals surface area contributed by atoms with E-state index in [9.17, 15) is 14.7 Å². The number of rotatable bonds is 3. The molecule has 6 nitrogen and oxygen atoms in total. The van der Waals surface area contributed by atoms with Gasteiger partial charge < -0.3 is 10.1 Å². The lowest BCUT2D eigenvalue weighted by Gasteiger charge is -2.32. The molecule has 0 amide bonds. The molecule has 4 rings (SSSR count). The summed E-state index contributed by atoms with van der Waals surface area (Å²) in [5.41, 5.74) is 0.561. The van der Waals surface area contributed by atoms with E-state index in [0.717, 1.165) is 19.3 Å². The van der Waals surface area contributed by atoms with Crippen LogP contribution in [0, 0.1) is 5.92 Å². The molecule has 0 bridgehead atoms. The summed E-state index contributed by atoms with van der Waals surface area (Å²) in [6.07, 6.45) is 5.21. The van der Waals surface area contributed by atoms with Crippen LogP contribution < -0.4 is 5.56 Å². The molecule has 2 aliphatic rings. The van der Waals surface area contributed by atoms with E-state index in [1.807, 2.05) is 16.3 Å². The summed E-state index contributed by atoms with van der Waals surface area (Å²) in [5, 5.41) is 11.4. The standard InChI is InChI=1S/C16H19N3O3S/c20-15-14-10(5-6-23-14)17-13(18-15)8-19-11-4-2-1-3-9(11)7-12(19)16(21)22/h5-6,9,11-12H,1-4,7-8H2,(H,21,22)(H,17,18,20)/t9-,11-,12+/m1/s1. The van der Waals surface area contributed by atoms with Crippen molar-refractivity contribution >= 4 is 27.5 Å². The molecular formula is C16H19N3O3S. The van der Waals surface area contributed by atoms with Crippen molar-refractivity contribution < 1.29 is 9.90 Å².